The Kier molecular flexibility index (Phi) is 4.48. The van der Waals surface area contributed by atoms with E-state index in [0.29, 0.717) is 6.54 Å². The number of carbonyl (C=O) groups excluding carboxylic acids is 1. The molecule has 0 radical (unpaired) electrons. The largest absolute Gasteiger partial charge is 0.326 e. The minimum Gasteiger partial charge on any atom is -0.326 e. The van der Waals surface area contributed by atoms with Crippen LogP contribution in [0.2, 0.25) is 0 Å². The lowest BCUT2D eigenvalue weighted by Crippen LogP contribution is -2.45. The van der Waals surface area contributed by atoms with Gasteiger partial charge >= 0.3 is 0 Å². The number of nitrogens with zero attached hydrogens (tertiary/aromatic N) is 1. The van der Waals surface area contributed by atoms with Crippen LogP contribution in [0.25, 0.3) is 0 Å². The summed E-state index contributed by atoms with van der Waals surface area (Å²) in [7, 11) is 0. The molecular weight excluding hydrogens is 248 g/mol. The van der Waals surface area contributed by atoms with E-state index in [2.05, 4.69) is 20.8 Å². The molecule has 1 aliphatic carbocycles. The van der Waals surface area contributed by atoms with Crippen LogP contribution in [0.1, 0.15) is 52.0 Å². The first-order valence-corrected chi connectivity index (χ1v) is 7.60. The van der Waals surface area contributed by atoms with Gasteiger partial charge in [0.2, 0.25) is 5.91 Å². The molecule has 1 amide bonds. The molecule has 20 heavy (non-hydrogen) atoms. The van der Waals surface area contributed by atoms with Gasteiger partial charge in [-0.25, -0.2) is 0 Å². The van der Waals surface area contributed by atoms with E-state index in [1.54, 1.807) is 0 Å². The third-order valence-electron chi connectivity index (χ3n) is 4.41. The minimum atomic E-state index is -0.184. The average molecular weight is 274 g/mol. The maximum absolute atomic E-state index is 13.0. The molecule has 1 aliphatic rings. The van der Waals surface area contributed by atoms with Gasteiger partial charge in [0.05, 0.1) is 0 Å². The fraction of sp³-hybridized carbons (Fsp3) is 0.588. The van der Waals surface area contributed by atoms with Gasteiger partial charge in [-0.15, -0.1) is 0 Å². The van der Waals surface area contributed by atoms with E-state index in [-0.39, 0.29) is 17.4 Å². The molecule has 0 unspecified atom stereocenters. The molecule has 1 aromatic rings. The highest BCUT2D eigenvalue weighted by atomic mass is 16.2. The first kappa shape index (κ1) is 15.0. The third-order valence-corrected chi connectivity index (χ3v) is 4.41. The van der Waals surface area contributed by atoms with Crippen molar-refractivity contribution in [3.8, 4) is 0 Å². The highest BCUT2D eigenvalue weighted by Gasteiger charge is 2.40. The van der Waals surface area contributed by atoms with E-state index in [1.165, 1.54) is 12.8 Å². The zero-order chi connectivity index (χ0) is 14.8. The molecule has 1 aromatic carbocycles. The predicted molar refractivity (Wildman–Crippen MR) is 83.5 cm³/mol. The monoisotopic (exact) mass is 274 g/mol. The van der Waals surface area contributed by atoms with Crippen LogP contribution in [0.15, 0.2) is 24.3 Å². The molecule has 2 rings (SSSR count). The van der Waals surface area contributed by atoms with Crippen LogP contribution >= 0.6 is 0 Å². The lowest BCUT2D eigenvalue weighted by atomic mass is 9.86. The molecule has 1 saturated carbocycles. The zero-order valence-corrected chi connectivity index (χ0v) is 12.9. The highest BCUT2D eigenvalue weighted by molar-refractivity contribution is 5.98. The lowest BCUT2D eigenvalue weighted by molar-refractivity contribution is -0.127. The second-order valence-electron chi connectivity index (χ2n) is 6.41. The minimum absolute atomic E-state index is 0.170. The SMILES string of the molecule is CC(C)N(C(=O)C1(C)CCCC1)c1ccc(CN)cc1. The van der Waals surface area contributed by atoms with Gasteiger partial charge < -0.3 is 10.6 Å². The number of hydrogen-bond acceptors (Lipinski definition) is 2. The fourth-order valence-electron chi connectivity index (χ4n) is 3.10. The van der Waals surface area contributed by atoms with Crippen molar-refractivity contribution in [2.24, 2.45) is 11.1 Å². The van der Waals surface area contributed by atoms with Crippen molar-refractivity contribution in [3.63, 3.8) is 0 Å². The van der Waals surface area contributed by atoms with Crippen LogP contribution in [0.5, 0.6) is 0 Å². The van der Waals surface area contributed by atoms with Crippen molar-refractivity contribution < 1.29 is 4.79 Å². The van der Waals surface area contributed by atoms with Crippen molar-refractivity contribution in [2.75, 3.05) is 4.90 Å². The van der Waals surface area contributed by atoms with Crippen molar-refractivity contribution in [1.29, 1.82) is 0 Å². The zero-order valence-electron chi connectivity index (χ0n) is 12.9. The molecule has 0 bridgehead atoms. The summed E-state index contributed by atoms with van der Waals surface area (Å²) in [6.45, 7) is 6.81. The molecule has 3 nitrogen and oxygen atoms in total. The second-order valence-corrected chi connectivity index (χ2v) is 6.41. The Labute approximate surface area is 122 Å². The lowest BCUT2D eigenvalue weighted by Gasteiger charge is -2.34. The Morgan fingerprint density at radius 3 is 2.25 bits per heavy atom. The van der Waals surface area contributed by atoms with Gasteiger partial charge in [-0.3, -0.25) is 4.79 Å². The van der Waals surface area contributed by atoms with Crippen molar-refractivity contribution in [2.45, 2.75) is 59.0 Å². The molecule has 0 aromatic heterocycles. The average Bonchev–Trinajstić information content (AvgIpc) is 2.87. The molecule has 0 heterocycles. The first-order valence-electron chi connectivity index (χ1n) is 7.60. The summed E-state index contributed by atoms with van der Waals surface area (Å²) in [6.07, 6.45) is 4.35. The van der Waals surface area contributed by atoms with Crippen molar-refractivity contribution in [3.05, 3.63) is 29.8 Å². The number of benzene rings is 1. The maximum atomic E-state index is 13.0. The molecule has 1 fully saturated rings. The number of carbonyl (C=O) groups is 1. The Bertz CT molecular complexity index is 458. The number of anilines is 1. The van der Waals surface area contributed by atoms with Crippen LogP contribution < -0.4 is 10.6 Å². The van der Waals surface area contributed by atoms with Gasteiger partial charge in [-0.2, -0.15) is 0 Å². The summed E-state index contributed by atoms with van der Waals surface area (Å²) in [4.78, 5) is 14.9. The summed E-state index contributed by atoms with van der Waals surface area (Å²) < 4.78 is 0. The summed E-state index contributed by atoms with van der Waals surface area (Å²) >= 11 is 0. The van der Waals surface area contributed by atoms with Gasteiger partial charge in [0, 0.05) is 23.7 Å². The van der Waals surface area contributed by atoms with Gasteiger partial charge in [0.25, 0.3) is 0 Å². The Morgan fingerprint density at radius 2 is 1.80 bits per heavy atom. The predicted octanol–water partition coefficient (Wildman–Crippen LogP) is 3.47. The molecule has 0 spiro atoms. The number of hydrogen-bond donors (Lipinski definition) is 1. The molecule has 110 valence electrons. The molecular formula is C17H26N2O. The van der Waals surface area contributed by atoms with Crippen LogP contribution in [0, 0.1) is 5.41 Å². The third kappa shape index (κ3) is 2.88. The summed E-state index contributed by atoms with van der Waals surface area (Å²) in [5.41, 5.74) is 7.53. The number of amides is 1. The topological polar surface area (TPSA) is 46.3 Å². The smallest absolute Gasteiger partial charge is 0.233 e. The quantitative estimate of drug-likeness (QED) is 0.914. The molecule has 0 saturated heterocycles. The van der Waals surface area contributed by atoms with E-state index in [1.807, 2.05) is 29.2 Å². The summed E-state index contributed by atoms with van der Waals surface area (Å²) in [5.74, 6) is 0.269. The van der Waals surface area contributed by atoms with Gasteiger partial charge in [-0.05, 0) is 44.4 Å². The van der Waals surface area contributed by atoms with E-state index in [4.69, 9.17) is 5.73 Å². The van der Waals surface area contributed by atoms with Crippen molar-refractivity contribution >= 4 is 11.6 Å². The van der Waals surface area contributed by atoms with E-state index < -0.39 is 0 Å². The van der Waals surface area contributed by atoms with E-state index in [0.717, 1.165) is 24.1 Å². The van der Waals surface area contributed by atoms with Gasteiger partial charge in [0.1, 0.15) is 0 Å². The Balaban J connectivity index is 2.28. The van der Waals surface area contributed by atoms with Crippen LogP contribution in [0.3, 0.4) is 0 Å². The number of nitrogens with two attached hydrogens (primary N) is 1. The van der Waals surface area contributed by atoms with E-state index >= 15 is 0 Å². The Hall–Kier alpha value is -1.35. The number of rotatable bonds is 4. The molecule has 2 N–H and O–H groups in total. The fourth-order valence-corrected chi connectivity index (χ4v) is 3.10. The maximum Gasteiger partial charge on any atom is 0.233 e. The molecule has 3 heteroatoms. The van der Waals surface area contributed by atoms with Crippen molar-refractivity contribution in [1.82, 2.24) is 0 Å². The van der Waals surface area contributed by atoms with E-state index in [9.17, 15) is 4.79 Å². The standard InChI is InChI=1S/C17H26N2O/c1-13(2)19(15-8-6-14(12-18)7-9-15)16(20)17(3)10-4-5-11-17/h6-9,13H,4-5,10-12,18H2,1-3H3. The summed E-state index contributed by atoms with van der Waals surface area (Å²) in [5, 5.41) is 0. The summed E-state index contributed by atoms with van der Waals surface area (Å²) in [6, 6.07) is 8.21. The van der Waals surface area contributed by atoms with Crippen LogP contribution in [-0.2, 0) is 11.3 Å². The first-order chi connectivity index (χ1) is 9.48. The van der Waals surface area contributed by atoms with Gasteiger partial charge in [0.15, 0.2) is 0 Å². The van der Waals surface area contributed by atoms with Gasteiger partial charge in [-0.1, -0.05) is 31.9 Å². The molecule has 0 atom stereocenters. The van der Waals surface area contributed by atoms with Crippen LogP contribution in [0.4, 0.5) is 5.69 Å². The van der Waals surface area contributed by atoms with Crippen LogP contribution in [-0.4, -0.2) is 11.9 Å². The second kappa shape index (κ2) is 5.96. The Morgan fingerprint density at radius 1 is 1.25 bits per heavy atom. The highest BCUT2D eigenvalue weighted by Crippen LogP contribution is 2.40. The molecule has 0 aliphatic heterocycles. The normalized spacial score (nSPS) is 17.4.